The van der Waals surface area contributed by atoms with E-state index in [1.165, 1.54) is 5.56 Å². The monoisotopic (exact) mass is 260 g/mol. The summed E-state index contributed by atoms with van der Waals surface area (Å²) in [4.78, 5) is 19.1. The van der Waals surface area contributed by atoms with Crippen molar-refractivity contribution in [1.82, 2.24) is 0 Å². The third-order valence-corrected chi connectivity index (χ3v) is 1.94. The van der Waals surface area contributed by atoms with E-state index >= 15 is 0 Å². The fourth-order valence-corrected chi connectivity index (χ4v) is 1.11. The van der Waals surface area contributed by atoms with E-state index in [-0.39, 0.29) is 0 Å². The molecule has 19 heavy (non-hydrogen) atoms. The predicted molar refractivity (Wildman–Crippen MR) is 74.7 cm³/mol. The highest BCUT2D eigenvalue weighted by molar-refractivity contribution is 5.89. The van der Waals surface area contributed by atoms with Crippen LogP contribution in [0.1, 0.15) is 12.0 Å². The van der Waals surface area contributed by atoms with Gasteiger partial charge in [-0.3, -0.25) is 0 Å². The van der Waals surface area contributed by atoms with E-state index in [9.17, 15) is 9.59 Å². The van der Waals surface area contributed by atoms with Crippen LogP contribution in [-0.2, 0) is 9.59 Å². The Morgan fingerprint density at radius 3 is 1.89 bits per heavy atom. The van der Waals surface area contributed by atoms with Gasteiger partial charge in [-0.25, -0.2) is 9.59 Å². The highest BCUT2D eigenvalue weighted by Gasteiger charge is 1.92. The van der Waals surface area contributed by atoms with Gasteiger partial charge in [0.2, 0.25) is 0 Å². The lowest BCUT2D eigenvalue weighted by Gasteiger charge is -2.00. The zero-order chi connectivity index (χ0) is 14.7. The Hall–Kier alpha value is -2.62. The molecule has 1 aromatic carbocycles. The molecule has 4 heteroatoms. The number of hydrogen-bond acceptors (Lipinski definition) is 2. The van der Waals surface area contributed by atoms with Gasteiger partial charge in [0, 0.05) is 12.2 Å². The Morgan fingerprint density at radius 1 is 1.05 bits per heavy atom. The standard InChI is InChI=1S/C11H12.C4H4O4/c1-3-7-10(2)11-8-5-4-6-9-11;5-3(6)1-2-4(7)8/h3-6,8-9H,1-2,7H2;1-2H,(H,5,6)(H,7,8)/b;2-1-. The molecule has 1 aromatic rings. The molecule has 0 aliphatic carbocycles. The summed E-state index contributed by atoms with van der Waals surface area (Å²) in [5.74, 6) is -2.51. The maximum atomic E-state index is 9.55. The smallest absolute Gasteiger partial charge is 0.328 e. The number of hydrogen-bond donors (Lipinski definition) is 2. The van der Waals surface area contributed by atoms with E-state index in [4.69, 9.17) is 10.2 Å². The van der Waals surface area contributed by atoms with Crippen LogP contribution in [0.15, 0.2) is 61.7 Å². The number of carboxylic acid groups (broad SMARTS) is 2. The minimum absolute atomic E-state index is 0.558. The van der Waals surface area contributed by atoms with E-state index in [2.05, 4.69) is 25.3 Å². The molecule has 0 saturated carbocycles. The van der Waals surface area contributed by atoms with Crippen molar-refractivity contribution in [2.24, 2.45) is 0 Å². The van der Waals surface area contributed by atoms with Gasteiger partial charge in [0.05, 0.1) is 0 Å². The lowest BCUT2D eigenvalue weighted by Crippen LogP contribution is -1.91. The Balaban J connectivity index is 0.000000362. The van der Waals surface area contributed by atoms with Crippen LogP contribution in [0.4, 0.5) is 0 Å². The van der Waals surface area contributed by atoms with Gasteiger partial charge in [-0.2, -0.15) is 0 Å². The summed E-state index contributed by atoms with van der Waals surface area (Å²) >= 11 is 0. The average Bonchev–Trinajstić information content (AvgIpc) is 2.38. The van der Waals surface area contributed by atoms with Crippen molar-refractivity contribution in [3.05, 3.63) is 67.3 Å². The molecule has 0 aliphatic rings. The van der Waals surface area contributed by atoms with Crippen molar-refractivity contribution in [2.75, 3.05) is 0 Å². The molecule has 0 unspecified atom stereocenters. The van der Waals surface area contributed by atoms with Gasteiger partial charge >= 0.3 is 11.9 Å². The maximum Gasteiger partial charge on any atom is 0.328 e. The number of carboxylic acids is 2. The van der Waals surface area contributed by atoms with Crippen molar-refractivity contribution in [1.29, 1.82) is 0 Å². The van der Waals surface area contributed by atoms with Crippen LogP contribution < -0.4 is 0 Å². The molecule has 1 rings (SSSR count). The molecule has 0 aromatic heterocycles. The fourth-order valence-electron chi connectivity index (χ4n) is 1.11. The first-order chi connectivity index (χ1) is 8.97. The van der Waals surface area contributed by atoms with Gasteiger partial charge in [0.25, 0.3) is 0 Å². The molecule has 0 saturated heterocycles. The molecule has 0 fully saturated rings. The normalized spacial score (nSPS) is 9.26. The van der Waals surface area contributed by atoms with Crippen LogP contribution in [0.25, 0.3) is 5.57 Å². The van der Waals surface area contributed by atoms with Gasteiger partial charge in [0.1, 0.15) is 0 Å². The molecular weight excluding hydrogens is 244 g/mol. The van der Waals surface area contributed by atoms with E-state index in [1.807, 2.05) is 24.3 Å². The van der Waals surface area contributed by atoms with E-state index in [1.54, 1.807) is 0 Å². The summed E-state index contributed by atoms with van der Waals surface area (Å²) in [5, 5.41) is 15.6. The summed E-state index contributed by atoms with van der Waals surface area (Å²) in [5.41, 5.74) is 2.33. The topological polar surface area (TPSA) is 74.6 Å². The second-order valence-corrected chi connectivity index (χ2v) is 3.47. The highest BCUT2D eigenvalue weighted by atomic mass is 16.4. The van der Waals surface area contributed by atoms with Crippen LogP contribution in [-0.4, -0.2) is 22.2 Å². The third kappa shape index (κ3) is 9.12. The summed E-state index contributed by atoms with van der Waals surface area (Å²) in [6.07, 6.45) is 3.85. The first kappa shape index (κ1) is 16.4. The first-order valence-electron chi connectivity index (χ1n) is 5.45. The van der Waals surface area contributed by atoms with Crippen molar-refractivity contribution >= 4 is 17.5 Å². The maximum absolute atomic E-state index is 9.55. The van der Waals surface area contributed by atoms with Gasteiger partial charge in [-0.1, -0.05) is 43.0 Å². The van der Waals surface area contributed by atoms with E-state index in [0.717, 1.165) is 12.0 Å². The molecule has 0 aliphatic heterocycles. The summed E-state index contributed by atoms with van der Waals surface area (Å²) in [7, 11) is 0. The minimum Gasteiger partial charge on any atom is -0.478 e. The number of carbonyl (C=O) groups is 2. The first-order valence-corrected chi connectivity index (χ1v) is 5.45. The Kier molecular flexibility index (Phi) is 8.12. The second-order valence-electron chi connectivity index (χ2n) is 3.47. The van der Waals surface area contributed by atoms with E-state index < -0.39 is 11.9 Å². The highest BCUT2D eigenvalue weighted by Crippen LogP contribution is 2.14. The summed E-state index contributed by atoms with van der Waals surface area (Å²) in [6.45, 7) is 7.61. The van der Waals surface area contributed by atoms with Crippen LogP contribution >= 0.6 is 0 Å². The Labute approximate surface area is 112 Å². The van der Waals surface area contributed by atoms with Gasteiger partial charge in [-0.05, 0) is 17.6 Å². The summed E-state index contributed by atoms with van der Waals surface area (Å²) in [6, 6.07) is 10.2. The van der Waals surface area contributed by atoms with Crippen LogP contribution in [0.5, 0.6) is 0 Å². The van der Waals surface area contributed by atoms with Crippen LogP contribution in [0.3, 0.4) is 0 Å². The molecule has 0 spiro atoms. The predicted octanol–water partition coefficient (Wildman–Crippen LogP) is 2.99. The van der Waals surface area contributed by atoms with Crippen LogP contribution in [0.2, 0.25) is 0 Å². The van der Waals surface area contributed by atoms with Crippen molar-refractivity contribution in [3.8, 4) is 0 Å². The molecule has 0 heterocycles. The number of aliphatic carboxylic acids is 2. The lowest BCUT2D eigenvalue weighted by molar-refractivity contribution is -0.134. The largest absolute Gasteiger partial charge is 0.478 e. The number of rotatable bonds is 5. The second kappa shape index (κ2) is 9.41. The van der Waals surface area contributed by atoms with E-state index in [0.29, 0.717) is 12.2 Å². The van der Waals surface area contributed by atoms with Gasteiger partial charge in [-0.15, -0.1) is 6.58 Å². The SMILES string of the molecule is C=CCC(=C)c1ccccc1.O=C(O)/C=C\C(=O)O. The quantitative estimate of drug-likeness (QED) is 0.630. The van der Waals surface area contributed by atoms with Crippen molar-refractivity contribution < 1.29 is 19.8 Å². The Bertz CT molecular complexity index is 456. The molecule has 0 radical (unpaired) electrons. The zero-order valence-corrected chi connectivity index (χ0v) is 10.5. The molecule has 2 N–H and O–H groups in total. The molecule has 0 atom stereocenters. The Morgan fingerprint density at radius 2 is 1.53 bits per heavy atom. The molecule has 4 nitrogen and oxygen atoms in total. The fraction of sp³-hybridized carbons (Fsp3) is 0.0667. The summed E-state index contributed by atoms with van der Waals surface area (Å²) < 4.78 is 0. The lowest BCUT2D eigenvalue weighted by atomic mass is 10.1. The number of allylic oxidation sites excluding steroid dienone is 2. The van der Waals surface area contributed by atoms with Gasteiger partial charge in [0.15, 0.2) is 0 Å². The molecular formula is C15H16O4. The van der Waals surface area contributed by atoms with Gasteiger partial charge < -0.3 is 10.2 Å². The number of benzene rings is 1. The molecule has 0 bridgehead atoms. The van der Waals surface area contributed by atoms with Crippen LogP contribution in [0, 0.1) is 0 Å². The minimum atomic E-state index is -1.26. The third-order valence-electron chi connectivity index (χ3n) is 1.94. The van der Waals surface area contributed by atoms with Crippen molar-refractivity contribution in [2.45, 2.75) is 6.42 Å². The van der Waals surface area contributed by atoms with Crippen molar-refractivity contribution in [3.63, 3.8) is 0 Å². The average molecular weight is 260 g/mol. The molecule has 0 amide bonds. The molecule has 100 valence electrons. The zero-order valence-electron chi connectivity index (χ0n) is 10.5.